The van der Waals surface area contributed by atoms with Crippen molar-refractivity contribution in [1.29, 1.82) is 0 Å². The molecule has 0 saturated heterocycles. The molecule has 0 radical (unpaired) electrons. The van der Waals surface area contributed by atoms with Gasteiger partial charge in [0.2, 0.25) is 10.0 Å². The molecule has 0 aliphatic heterocycles. The molecular weight excluding hydrogens is 274 g/mol. The van der Waals surface area contributed by atoms with Crippen LogP contribution in [0, 0.1) is 6.92 Å². The third-order valence-electron chi connectivity index (χ3n) is 2.38. The predicted molar refractivity (Wildman–Crippen MR) is 65.6 cm³/mol. The predicted octanol–water partition coefficient (Wildman–Crippen LogP) is 0.446. The molecule has 19 heavy (non-hydrogen) atoms. The van der Waals surface area contributed by atoms with E-state index in [-0.39, 0.29) is 23.4 Å². The van der Waals surface area contributed by atoms with Gasteiger partial charge in [-0.25, -0.2) is 17.9 Å². The molecule has 104 valence electrons. The summed E-state index contributed by atoms with van der Waals surface area (Å²) in [5.74, 6) is -2.35. The smallest absolute Gasteiger partial charge is 0.335 e. The molecule has 0 amide bonds. The average molecular weight is 287 g/mol. The molecule has 0 unspecified atom stereocenters. The molecule has 0 spiro atoms. The van der Waals surface area contributed by atoms with Crippen LogP contribution >= 0.6 is 0 Å². The van der Waals surface area contributed by atoms with Gasteiger partial charge < -0.3 is 10.2 Å². The number of sulfonamides is 1. The standard InChI is InChI=1S/C11H13NO6S/c1-7-2-3-8(6-9(7)11(15)16)19(17,18)12-5-4-10(13)14/h2-3,6,12H,4-5H2,1H3,(H,13,14)(H,15,16). The van der Waals surface area contributed by atoms with Crippen LogP contribution in [0.1, 0.15) is 22.3 Å². The van der Waals surface area contributed by atoms with Crippen LogP contribution in [0.3, 0.4) is 0 Å². The Hall–Kier alpha value is -1.93. The number of carboxylic acid groups (broad SMARTS) is 2. The Bertz CT molecular complexity index is 608. The zero-order chi connectivity index (χ0) is 14.6. The van der Waals surface area contributed by atoms with Gasteiger partial charge in [0.15, 0.2) is 0 Å². The number of aryl methyl sites for hydroxylation is 1. The Labute approximate surface area is 109 Å². The van der Waals surface area contributed by atoms with Gasteiger partial charge in [0.05, 0.1) is 16.9 Å². The molecule has 0 fully saturated rings. The molecule has 0 heterocycles. The minimum Gasteiger partial charge on any atom is -0.481 e. The number of carbonyl (C=O) groups is 2. The highest BCUT2D eigenvalue weighted by molar-refractivity contribution is 7.89. The quantitative estimate of drug-likeness (QED) is 0.698. The first-order valence-corrected chi connectivity index (χ1v) is 6.78. The summed E-state index contributed by atoms with van der Waals surface area (Å²) < 4.78 is 25.7. The summed E-state index contributed by atoms with van der Waals surface area (Å²) in [7, 11) is -3.91. The first-order valence-electron chi connectivity index (χ1n) is 5.29. The summed E-state index contributed by atoms with van der Waals surface area (Å²) in [4.78, 5) is 21.0. The number of aromatic carboxylic acids is 1. The topological polar surface area (TPSA) is 121 Å². The molecule has 1 aromatic rings. The Morgan fingerprint density at radius 2 is 1.89 bits per heavy atom. The lowest BCUT2D eigenvalue weighted by Gasteiger charge is -2.07. The van der Waals surface area contributed by atoms with Crippen LogP contribution in [0.4, 0.5) is 0 Å². The molecule has 0 aliphatic carbocycles. The molecular formula is C11H13NO6S. The van der Waals surface area contributed by atoms with Crippen molar-refractivity contribution in [2.75, 3.05) is 6.54 Å². The van der Waals surface area contributed by atoms with Gasteiger partial charge in [-0.05, 0) is 24.6 Å². The summed E-state index contributed by atoms with van der Waals surface area (Å²) in [5, 5.41) is 17.3. The van der Waals surface area contributed by atoms with Crippen molar-refractivity contribution < 1.29 is 28.2 Å². The van der Waals surface area contributed by atoms with Gasteiger partial charge in [0, 0.05) is 6.54 Å². The fraction of sp³-hybridized carbons (Fsp3) is 0.273. The van der Waals surface area contributed by atoms with E-state index in [1.165, 1.54) is 12.1 Å². The van der Waals surface area contributed by atoms with Crippen LogP contribution < -0.4 is 4.72 Å². The first-order chi connectivity index (χ1) is 8.74. The summed E-state index contributed by atoms with van der Waals surface area (Å²) >= 11 is 0. The second kappa shape index (κ2) is 5.81. The highest BCUT2D eigenvalue weighted by atomic mass is 32.2. The van der Waals surface area contributed by atoms with Crippen molar-refractivity contribution >= 4 is 22.0 Å². The normalized spacial score (nSPS) is 11.2. The van der Waals surface area contributed by atoms with Crippen LogP contribution in [-0.4, -0.2) is 37.1 Å². The second-order valence-corrected chi connectivity index (χ2v) is 5.59. The monoisotopic (exact) mass is 287 g/mol. The number of aliphatic carboxylic acids is 1. The Morgan fingerprint density at radius 1 is 1.26 bits per heavy atom. The molecule has 0 saturated carbocycles. The van der Waals surface area contributed by atoms with E-state index >= 15 is 0 Å². The molecule has 1 aromatic carbocycles. The van der Waals surface area contributed by atoms with Gasteiger partial charge in [0.25, 0.3) is 0 Å². The minimum atomic E-state index is -3.91. The zero-order valence-electron chi connectivity index (χ0n) is 10.1. The Kier molecular flexibility index (Phi) is 4.62. The molecule has 8 heteroatoms. The van der Waals surface area contributed by atoms with Crippen LogP contribution in [0.25, 0.3) is 0 Å². The third kappa shape index (κ3) is 4.04. The second-order valence-electron chi connectivity index (χ2n) is 3.82. The number of rotatable bonds is 6. The van der Waals surface area contributed by atoms with Gasteiger partial charge >= 0.3 is 11.9 Å². The van der Waals surface area contributed by atoms with E-state index in [1.807, 2.05) is 0 Å². The van der Waals surface area contributed by atoms with E-state index in [9.17, 15) is 18.0 Å². The summed E-state index contributed by atoms with van der Waals surface area (Å²) in [6.45, 7) is 1.30. The van der Waals surface area contributed by atoms with E-state index in [4.69, 9.17) is 10.2 Å². The largest absolute Gasteiger partial charge is 0.481 e. The van der Waals surface area contributed by atoms with Crippen molar-refractivity contribution in [3.8, 4) is 0 Å². The fourth-order valence-electron chi connectivity index (χ4n) is 1.37. The lowest BCUT2D eigenvalue weighted by atomic mass is 10.1. The van der Waals surface area contributed by atoms with Crippen molar-refractivity contribution in [2.24, 2.45) is 0 Å². The molecule has 0 bridgehead atoms. The van der Waals surface area contributed by atoms with Crippen LogP contribution in [0.2, 0.25) is 0 Å². The lowest BCUT2D eigenvalue weighted by Crippen LogP contribution is -2.26. The van der Waals surface area contributed by atoms with E-state index in [1.54, 1.807) is 6.92 Å². The zero-order valence-corrected chi connectivity index (χ0v) is 10.9. The van der Waals surface area contributed by atoms with Gasteiger partial charge in [-0.3, -0.25) is 4.79 Å². The van der Waals surface area contributed by atoms with Crippen molar-refractivity contribution in [2.45, 2.75) is 18.2 Å². The number of benzene rings is 1. The average Bonchev–Trinajstić information content (AvgIpc) is 2.27. The van der Waals surface area contributed by atoms with E-state index in [2.05, 4.69) is 4.72 Å². The van der Waals surface area contributed by atoms with Gasteiger partial charge in [-0.2, -0.15) is 0 Å². The van der Waals surface area contributed by atoms with E-state index < -0.39 is 22.0 Å². The summed E-state index contributed by atoms with van der Waals surface area (Å²) in [6, 6.07) is 3.70. The van der Waals surface area contributed by atoms with Crippen LogP contribution in [-0.2, 0) is 14.8 Å². The number of hydrogen-bond acceptors (Lipinski definition) is 4. The van der Waals surface area contributed by atoms with Crippen molar-refractivity contribution in [1.82, 2.24) is 4.72 Å². The van der Waals surface area contributed by atoms with Crippen molar-refractivity contribution in [3.63, 3.8) is 0 Å². The highest BCUT2D eigenvalue weighted by Gasteiger charge is 2.17. The molecule has 0 atom stereocenters. The Balaban J connectivity index is 2.99. The highest BCUT2D eigenvalue weighted by Crippen LogP contribution is 2.15. The Morgan fingerprint density at radius 3 is 2.42 bits per heavy atom. The van der Waals surface area contributed by atoms with Gasteiger partial charge in [-0.1, -0.05) is 6.07 Å². The molecule has 7 nitrogen and oxygen atoms in total. The maximum Gasteiger partial charge on any atom is 0.335 e. The summed E-state index contributed by atoms with van der Waals surface area (Å²) in [6.07, 6.45) is -0.350. The van der Waals surface area contributed by atoms with Gasteiger partial charge in [-0.15, -0.1) is 0 Å². The molecule has 0 aromatic heterocycles. The van der Waals surface area contributed by atoms with E-state index in [0.29, 0.717) is 5.56 Å². The summed E-state index contributed by atoms with van der Waals surface area (Å²) in [5.41, 5.74) is 0.332. The molecule has 3 N–H and O–H groups in total. The van der Waals surface area contributed by atoms with Crippen molar-refractivity contribution in [3.05, 3.63) is 29.3 Å². The van der Waals surface area contributed by atoms with Crippen LogP contribution in [0.15, 0.2) is 23.1 Å². The van der Waals surface area contributed by atoms with Crippen LogP contribution in [0.5, 0.6) is 0 Å². The maximum atomic E-state index is 11.8. The number of hydrogen-bond donors (Lipinski definition) is 3. The minimum absolute atomic E-state index is 0.110. The third-order valence-corrected chi connectivity index (χ3v) is 3.84. The first kappa shape index (κ1) is 15.1. The maximum absolute atomic E-state index is 11.8. The van der Waals surface area contributed by atoms with E-state index in [0.717, 1.165) is 6.07 Å². The number of nitrogens with one attached hydrogen (secondary N) is 1. The fourth-order valence-corrected chi connectivity index (χ4v) is 2.43. The lowest BCUT2D eigenvalue weighted by molar-refractivity contribution is -0.136. The molecule has 0 aliphatic rings. The SMILES string of the molecule is Cc1ccc(S(=O)(=O)NCCC(=O)O)cc1C(=O)O. The van der Waals surface area contributed by atoms with Gasteiger partial charge in [0.1, 0.15) is 0 Å². The number of carboxylic acids is 2. The molecule has 1 rings (SSSR count).